The topological polar surface area (TPSA) is 56.7 Å². The van der Waals surface area contributed by atoms with E-state index in [-0.39, 0.29) is 5.91 Å². The van der Waals surface area contributed by atoms with Crippen LogP contribution < -0.4 is 10.6 Å². The summed E-state index contributed by atoms with van der Waals surface area (Å²) in [5, 5.41) is 10.4. The Morgan fingerprint density at radius 3 is 2.81 bits per heavy atom. The van der Waals surface area contributed by atoms with Gasteiger partial charge in [-0.25, -0.2) is 0 Å². The second kappa shape index (κ2) is 8.02. The molecule has 0 aromatic carbocycles. The van der Waals surface area contributed by atoms with Gasteiger partial charge in [-0.05, 0) is 41.1 Å². The molecule has 0 saturated carbocycles. The van der Waals surface area contributed by atoms with Crippen molar-refractivity contribution >= 4 is 23.2 Å². The van der Waals surface area contributed by atoms with Crippen molar-refractivity contribution in [2.45, 2.75) is 25.8 Å². The zero-order valence-electron chi connectivity index (χ0n) is 12.8. The summed E-state index contributed by atoms with van der Waals surface area (Å²) in [7, 11) is 3.53. The second-order valence-corrected chi connectivity index (χ2v) is 6.12. The van der Waals surface area contributed by atoms with Crippen molar-refractivity contribution in [1.82, 2.24) is 15.5 Å². The number of thiophene rings is 1. The van der Waals surface area contributed by atoms with Gasteiger partial charge in [-0.2, -0.15) is 11.3 Å². The Hall–Kier alpha value is -1.56. The van der Waals surface area contributed by atoms with Gasteiger partial charge in [-0.15, -0.1) is 0 Å². The monoisotopic (exact) mass is 308 g/mol. The van der Waals surface area contributed by atoms with Gasteiger partial charge in [0.2, 0.25) is 5.91 Å². The summed E-state index contributed by atoms with van der Waals surface area (Å²) < 4.78 is 0. The van der Waals surface area contributed by atoms with E-state index in [1.165, 1.54) is 5.56 Å². The van der Waals surface area contributed by atoms with Gasteiger partial charge < -0.3 is 15.5 Å². The molecule has 0 aliphatic carbocycles. The van der Waals surface area contributed by atoms with Gasteiger partial charge in [-0.3, -0.25) is 9.79 Å². The van der Waals surface area contributed by atoms with Crippen LogP contribution in [0.1, 0.15) is 24.8 Å². The highest BCUT2D eigenvalue weighted by atomic mass is 32.1. The molecular weight excluding hydrogens is 284 g/mol. The van der Waals surface area contributed by atoms with Gasteiger partial charge in [0.25, 0.3) is 0 Å². The molecular formula is C15H24N4OS. The van der Waals surface area contributed by atoms with E-state index in [1.54, 1.807) is 18.4 Å². The predicted octanol–water partition coefficient (Wildman–Crippen LogP) is 1.67. The first-order valence-electron chi connectivity index (χ1n) is 7.40. The number of nitrogens with one attached hydrogen (secondary N) is 2. The second-order valence-electron chi connectivity index (χ2n) is 5.34. The fraction of sp³-hybridized carbons (Fsp3) is 0.600. The van der Waals surface area contributed by atoms with Crippen molar-refractivity contribution in [2.75, 3.05) is 27.2 Å². The Balaban J connectivity index is 1.78. The number of amides is 1. The van der Waals surface area contributed by atoms with E-state index in [0.717, 1.165) is 38.4 Å². The Morgan fingerprint density at radius 2 is 2.24 bits per heavy atom. The van der Waals surface area contributed by atoms with Crippen molar-refractivity contribution < 1.29 is 4.79 Å². The smallest absolute Gasteiger partial charge is 0.220 e. The molecule has 1 aromatic rings. The maximum absolute atomic E-state index is 11.4. The lowest BCUT2D eigenvalue weighted by Crippen LogP contribution is -2.45. The van der Waals surface area contributed by atoms with Crippen molar-refractivity contribution in [1.29, 1.82) is 0 Å². The minimum Gasteiger partial charge on any atom is -0.359 e. The number of nitrogens with zero attached hydrogens (tertiary/aromatic N) is 2. The SMILES string of the molecule is CN=C(NCc1ccsc1)N1CCC(CC(=O)NC)CC1. The van der Waals surface area contributed by atoms with Gasteiger partial charge in [0, 0.05) is 40.2 Å². The van der Waals surface area contributed by atoms with Crippen molar-refractivity contribution in [3.8, 4) is 0 Å². The number of carbonyl (C=O) groups excluding carboxylic acids is 1. The molecule has 0 atom stereocenters. The third kappa shape index (κ3) is 4.74. The summed E-state index contributed by atoms with van der Waals surface area (Å²) in [5.41, 5.74) is 1.29. The van der Waals surface area contributed by atoms with E-state index in [9.17, 15) is 4.79 Å². The van der Waals surface area contributed by atoms with Gasteiger partial charge in [0.15, 0.2) is 5.96 Å². The summed E-state index contributed by atoms with van der Waals surface area (Å²) in [6.07, 6.45) is 2.74. The molecule has 6 heteroatoms. The van der Waals surface area contributed by atoms with Crippen LogP contribution in [0, 0.1) is 5.92 Å². The minimum absolute atomic E-state index is 0.147. The standard InChI is InChI=1S/C15H24N4OS/c1-16-14(20)9-12-3-6-19(7-4-12)15(17-2)18-10-13-5-8-21-11-13/h5,8,11-12H,3-4,6-7,9-10H2,1-2H3,(H,16,20)(H,17,18). The molecule has 0 unspecified atom stereocenters. The van der Waals surface area contributed by atoms with Gasteiger partial charge >= 0.3 is 0 Å². The van der Waals surface area contributed by atoms with Crippen LogP contribution in [-0.4, -0.2) is 44.0 Å². The molecule has 116 valence electrons. The van der Waals surface area contributed by atoms with Crippen LogP contribution in [0.15, 0.2) is 21.8 Å². The largest absolute Gasteiger partial charge is 0.359 e. The van der Waals surface area contributed by atoms with E-state index in [2.05, 4.69) is 37.4 Å². The molecule has 1 saturated heterocycles. The summed E-state index contributed by atoms with van der Waals surface area (Å²) in [6, 6.07) is 2.13. The van der Waals surface area contributed by atoms with Crippen molar-refractivity contribution in [3.63, 3.8) is 0 Å². The Morgan fingerprint density at radius 1 is 1.48 bits per heavy atom. The molecule has 1 aromatic heterocycles. The van der Waals surface area contributed by atoms with E-state index < -0.39 is 0 Å². The predicted molar refractivity (Wildman–Crippen MR) is 87.5 cm³/mol. The molecule has 2 heterocycles. The highest BCUT2D eigenvalue weighted by molar-refractivity contribution is 7.07. The quantitative estimate of drug-likeness (QED) is 0.657. The van der Waals surface area contributed by atoms with Gasteiger partial charge in [0.1, 0.15) is 0 Å². The fourth-order valence-electron chi connectivity index (χ4n) is 2.62. The molecule has 1 amide bonds. The number of guanidine groups is 1. The highest BCUT2D eigenvalue weighted by Crippen LogP contribution is 2.20. The van der Waals surface area contributed by atoms with Crippen LogP contribution in [0.2, 0.25) is 0 Å². The van der Waals surface area contributed by atoms with E-state index in [4.69, 9.17) is 0 Å². The number of carbonyl (C=O) groups is 1. The molecule has 2 N–H and O–H groups in total. The normalized spacial score (nSPS) is 16.9. The maximum atomic E-state index is 11.4. The van der Waals surface area contributed by atoms with Crippen LogP contribution in [0.4, 0.5) is 0 Å². The molecule has 0 spiro atoms. The molecule has 1 fully saturated rings. The first-order chi connectivity index (χ1) is 10.2. The molecule has 1 aliphatic heterocycles. The van der Waals surface area contributed by atoms with Gasteiger partial charge in [-0.1, -0.05) is 0 Å². The number of piperidine rings is 1. The van der Waals surface area contributed by atoms with Crippen molar-refractivity contribution in [2.24, 2.45) is 10.9 Å². The molecule has 2 rings (SSSR count). The lowest BCUT2D eigenvalue weighted by Gasteiger charge is -2.34. The van der Waals surface area contributed by atoms with Crippen LogP contribution in [0.3, 0.4) is 0 Å². The number of likely N-dealkylation sites (tertiary alicyclic amines) is 1. The Bertz CT molecular complexity index is 464. The fourth-order valence-corrected chi connectivity index (χ4v) is 3.29. The van der Waals surface area contributed by atoms with Crippen LogP contribution in [0.5, 0.6) is 0 Å². The van der Waals surface area contributed by atoms with Crippen LogP contribution >= 0.6 is 11.3 Å². The summed E-state index contributed by atoms with van der Waals surface area (Å²) >= 11 is 1.71. The first kappa shape index (κ1) is 15.8. The summed E-state index contributed by atoms with van der Waals surface area (Å²) in [6.45, 7) is 2.74. The molecule has 0 bridgehead atoms. The third-order valence-electron chi connectivity index (χ3n) is 3.91. The van der Waals surface area contributed by atoms with Gasteiger partial charge in [0.05, 0.1) is 0 Å². The number of hydrogen-bond acceptors (Lipinski definition) is 3. The molecule has 1 aliphatic rings. The zero-order valence-corrected chi connectivity index (χ0v) is 13.6. The lowest BCUT2D eigenvalue weighted by molar-refractivity contribution is -0.121. The summed E-state index contributed by atoms with van der Waals surface area (Å²) in [4.78, 5) is 18.1. The Labute approximate surface area is 130 Å². The number of hydrogen-bond donors (Lipinski definition) is 2. The average molecular weight is 308 g/mol. The molecule has 21 heavy (non-hydrogen) atoms. The number of rotatable bonds is 4. The van der Waals surface area contributed by atoms with E-state index >= 15 is 0 Å². The summed E-state index contributed by atoms with van der Waals surface area (Å²) in [5.74, 6) is 1.60. The first-order valence-corrected chi connectivity index (χ1v) is 8.34. The average Bonchev–Trinajstić information content (AvgIpc) is 3.02. The van der Waals surface area contributed by atoms with E-state index in [1.807, 2.05) is 7.05 Å². The van der Waals surface area contributed by atoms with Crippen LogP contribution in [-0.2, 0) is 11.3 Å². The minimum atomic E-state index is 0.147. The lowest BCUT2D eigenvalue weighted by atomic mass is 9.93. The Kier molecular flexibility index (Phi) is 6.04. The van der Waals surface area contributed by atoms with Crippen molar-refractivity contribution in [3.05, 3.63) is 22.4 Å². The molecule has 0 radical (unpaired) electrons. The number of aliphatic imine (C=N–C) groups is 1. The molecule has 5 nitrogen and oxygen atoms in total. The van der Waals surface area contributed by atoms with Crippen LogP contribution in [0.25, 0.3) is 0 Å². The van der Waals surface area contributed by atoms with E-state index in [0.29, 0.717) is 12.3 Å². The zero-order chi connectivity index (χ0) is 15.1. The maximum Gasteiger partial charge on any atom is 0.220 e. The third-order valence-corrected chi connectivity index (χ3v) is 4.64. The highest BCUT2D eigenvalue weighted by Gasteiger charge is 2.22.